The summed E-state index contributed by atoms with van der Waals surface area (Å²) < 4.78 is 5.18. The number of hydrogen-bond acceptors (Lipinski definition) is 6. The molecule has 2 rings (SSSR count). The molecule has 2 heterocycles. The number of nitrogens with zero attached hydrogens (tertiary/aromatic N) is 3. The number of aromatic nitrogens is 3. The Morgan fingerprint density at radius 1 is 1.41 bits per heavy atom. The van der Waals surface area contributed by atoms with Crippen LogP contribution in [0.5, 0.6) is 0 Å². The van der Waals surface area contributed by atoms with E-state index in [4.69, 9.17) is 4.52 Å². The van der Waals surface area contributed by atoms with E-state index >= 15 is 0 Å². The van der Waals surface area contributed by atoms with Gasteiger partial charge in [-0.2, -0.15) is 4.98 Å². The number of nitrogens with one attached hydrogen (secondary N) is 1. The molecule has 0 saturated carbocycles. The van der Waals surface area contributed by atoms with Crippen LogP contribution in [0.15, 0.2) is 16.2 Å². The molecule has 0 bridgehead atoms. The van der Waals surface area contributed by atoms with Crippen LogP contribution in [-0.2, 0) is 6.42 Å². The van der Waals surface area contributed by atoms with Crippen LogP contribution in [0.3, 0.4) is 0 Å². The molecule has 0 aromatic carbocycles. The molecule has 0 fully saturated rings. The normalized spacial score (nSPS) is 11.9. The van der Waals surface area contributed by atoms with E-state index in [-0.39, 0.29) is 5.54 Å². The van der Waals surface area contributed by atoms with Crippen molar-refractivity contribution in [1.29, 1.82) is 0 Å². The number of hydrogen-bond donors (Lipinski definition) is 1. The minimum absolute atomic E-state index is 0.112. The van der Waals surface area contributed by atoms with Crippen LogP contribution in [-0.4, -0.2) is 27.2 Å². The zero-order chi connectivity index (χ0) is 12.3. The monoisotopic (exact) mass is 252 g/mol. The molecule has 6 heteroatoms. The first-order valence-corrected chi connectivity index (χ1v) is 6.39. The lowest BCUT2D eigenvalue weighted by Crippen LogP contribution is -2.37. The minimum atomic E-state index is 0.112. The Balaban J connectivity index is 1.91. The summed E-state index contributed by atoms with van der Waals surface area (Å²) in [4.78, 5) is 9.25. The highest BCUT2D eigenvalue weighted by Gasteiger charge is 2.12. The third kappa shape index (κ3) is 3.61. The second-order valence-corrected chi connectivity index (χ2v) is 5.69. The van der Waals surface area contributed by atoms with Crippen LogP contribution in [0.4, 0.5) is 0 Å². The SMILES string of the molecule is CC(C)(C)NCCc1nc(-c2cncs2)no1. The zero-order valence-electron chi connectivity index (χ0n) is 10.2. The fourth-order valence-corrected chi connectivity index (χ4v) is 1.87. The standard InChI is InChI=1S/C11H16N4OS/c1-11(2,3)13-5-4-9-14-10(15-16-9)8-6-12-7-17-8/h6-7,13H,4-5H2,1-3H3. The van der Waals surface area contributed by atoms with E-state index in [0.29, 0.717) is 11.7 Å². The number of rotatable bonds is 4. The lowest BCUT2D eigenvalue weighted by Gasteiger charge is -2.19. The van der Waals surface area contributed by atoms with Crippen molar-refractivity contribution < 1.29 is 4.52 Å². The maximum Gasteiger partial charge on any atom is 0.228 e. The van der Waals surface area contributed by atoms with Gasteiger partial charge >= 0.3 is 0 Å². The fourth-order valence-electron chi connectivity index (χ4n) is 1.33. The highest BCUT2D eigenvalue weighted by Crippen LogP contribution is 2.19. The Morgan fingerprint density at radius 2 is 2.24 bits per heavy atom. The van der Waals surface area contributed by atoms with Crippen LogP contribution in [0.25, 0.3) is 10.7 Å². The summed E-state index contributed by atoms with van der Waals surface area (Å²) in [5.41, 5.74) is 1.87. The van der Waals surface area contributed by atoms with Gasteiger partial charge in [0.15, 0.2) is 0 Å². The first-order chi connectivity index (χ1) is 8.04. The van der Waals surface area contributed by atoms with Gasteiger partial charge in [0, 0.05) is 24.7 Å². The molecule has 17 heavy (non-hydrogen) atoms. The van der Waals surface area contributed by atoms with Crippen molar-refractivity contribution in [2.24, 2.45) is 0 Å². The van der Waals surface area contributed by atoms with Gasteiger partial charge in [-0.3, -0.25) is 4.98 Å². The van der Waals surface area contributed by atoms with Crippen molar-refractivity contribution in [2.45, 2.75) is 32.7 Å². The Morgan fingerprint density at radius 3 is 2.88 bits per heavy atom. The molecule has 5 nitrogen and oxygen atoms in total. The average Bonchev–Trinajstić information content (AvgIpc) is 2.83. The quantitative estimate of drug-likeness (QED) is 0.903. The Kier molecular flexibility index (Phi) is 3.54. The summed E-state index contributed by atoms with van der Waals surface area (Å²) in [6.45, 7) is 7.21. The van der Waals surface area contributed by atoms with E-state index in [0.717, 1.165) is 17.8 Å². The third-order valence-corrected chi connectivity index (χ3v) is 2.88. The van der Waals surface area contributed by atoms with E-state index in [9.17, 15) is 0 Å². The predicted octanol–water partition coefficient (Wildman–Crippen LogP) is 2.12. The van der Waals surface area contributed by atoms with Gasteiger partial charge in [0.25, 0.3) is 0 Å². The lowest BCUT2D eigenvalue weighted by molar-refractivity contribution is 0.362. The van der Waals surface area contributed by atoms with Gasteiger partial charge < -0.3 is 9.84 Å². The molecule has 0 atom stereocenters. The van der Waals surface area contributed by atoms with Gasteiger partial charge in [0.05, 0.1) is 10.4 Å². The zero-order valence-corrected chi connectivity index (χ0v) is 11.0. The first-order valence-electron chi connectivity index (χ1n) is 5.51. The maximum absolute atomic E-state index is 5.18. The van der Waals surface area contributed by atoms with Gasteiger partial charge in [0.2, 0.25) is 11.7 Å². The maximum atomic E-state index is 5.18. The van der Waals surface area contributed by atoms with E-state index in [1.807, 2.05) is 0 Å². The molecule has 0 saturated heterocycles. The molecular formula is C11H16N4OS. The van der Waals surface area contributed by atoms with Gasteiger partial charge in [-0.05, 0) is 20.8 Å². The van der Waals surface area contributed by atoms with Gasteiger partial charge in [-0.25, -0.2) is 0 Å². The Hall–Kier alpha value is -1.27. The van der Waals surface area contributed by atoms with Crippen LogP contribution in [0.1, 0.15) is 26.7 Å². The van der Waals surface area contributed by atoms with E-state index in [1.54, 1.807) is 11.7 Å². The summed E-state index contributed by atoms with van der Waals surface area (Å²) >= 11 is 1.51. The van der Waals surface area contributed by atoms with Crippen LogP contribution < -0.4 is 5.32 Å². The summed E-state index contributed by atoms with van der Waals surface area (Å²) in [6.07, 6.45) is 2.48. The van der Waals surface area contributed by atoms with Crippen molar-refractivity contribution in [3.05, 3.63) is 17.6 Å². The molecule has 0 unspecified atom stereocenters. The average molecular weight is 252 g/mol. The van der Waals surface area contributed by atoms with Crippen LogP contribution >= 0.6 is 11.3 Å². The summed E-state index contributed by atoms with van der Waals surface area (Å²) in [5.74, 6) is 1.28. The molecule has 1 N–H and O–H groups in total. The van der Waals surface area contributed by atoms with Crippen molar-refractivity contribution in [3.63, 3.8) is 0 Å². The van der Waals surface area contributed by atoms with Crippen molar-refractivity contribution in [1.82, 2.24) is 20.4 Å². The molecule has 92 valence electrons. The third-order valence-electron chi connectivity index (χ3n) is 2.11. The molecule has 2 aromatic heterocycles. The van der Waals surface area contributed by atoms with Crippen LogP contribution in [0, 0.1) is 0 Å². The topological polar surface area (TPSA) is 63.8 Å². The first kappa shape index (κ1) is 12.2. The largest absolute Gasteiger partial charge is 0.339 e. The van der Waals surface area contributed by atoms with Gasteiger partial charge in [0.1, 0.15) is 0 Å². The molecule has 2 aromatic rings. The van der Waals surface area contributed by atoms with E-state index in [1.165, 1.54) is 11.3 Å². The molecular weight excluding hydrogens is 236 g/mol. The molecule has 0 aliphatic carbocycles. The Labute approximate surface area is 104 Å². The predicted molar refractivity (Wildman–Crippen MR) is 66.9 cm³/mol. The summed E-state index contributed by atoms with van der Waals surface area (Å²) in [7, 11) is 0. The highest BCUT2D eigenvalue weighted by molar-refractivity contribution is 7.13. The molecule has 0 aliphatic rings. The van der Waals surface area contributed by atoms with Gasteiger partial charge in [-0.15, -0.1) is 11.3 Å². The highest BCUT2D eigenvalue weighted by atomic mass is 32.1. The molecule has 0 aliphatic heterocycles. The second-order valence-electron chi connectivity index (χ2n) is 4.80. The summed E-state index contributed by atoms with van der Waals surface area (Å²) in [5, 5.41) is 7.31. The molecule has 0 radical (unpaired) electrons. The van der Waals surface area contributed by atoms with Crippen molar-refractivity contribution >= 4 is 11.3 Å². The van der Waals surface area contributed by atoms with E-state index < -0.39 is 0 Å². The minimum Gasteiger partial charge on any atom is -0.339 e. The molecule has 0 spiro atoms. The molecule has 0 amide bonds. The van der Waals surface area contributed by atoms with Crippen molar-refractivity contribution in [2.75, 3.05) is 6.54 Å². The second kappa shape index (κ2) is 4.93. The number of thiazole rings is 1. The van der Waals surface area contributed by atoms with Crippen molar-refractivity contribution in [3.8, 4) is 10.7 Å². The Bertz CT molecular complexity index is 458. The lowest BCUT2D eigenvalue weighted by atomic mass is 10.1. The van der Waals surface area contributed by atoms with Gasteiger partial charge in [-0.1, -0.05) is 5.16 Å². The summed E-state index contributed by atoms with van der Waals surface area (Å²) in [6, 6.07) is 0. The van der Waals surface area contributed by atoms with Crippen LogP contribution in [0.2, 0.25) is 0 Å². The fraction of sp³-hybridized carbons (Fsp3) is 0.545. The van der Waals surface area contributed by atoms with E-state index in [2.05, 4.69) is 41.2 Å². The smallest absolute Gasteiger partial charge is 0.228 e.